The van der Waals surface area contributed by atoms with Gasteiger partial charge in [-0.2, -0.15) is 5.21 Å². The molecule has 0 aliphatic carbocycles. The second kappa shape index (κ2) is 8.08. The number of rotatable bonds is 4. The molecule has 1 amide bonds. The summed E-state index contributed by atoms with van der Waals surface area (Å²) >= 11 is 12.0. The Hall–Kier alpha value is -2.77. The number of nitrogens with one attached hydrogen (secondary N) is 2. The lowest BCUT2D eigenvalue weighted by Gasteiger charge is -2.35. The van der Waals surface area contributed by atoms with Crippen LogP contribution < -0.4 is 10.2 Å². The third-order valence-electron chi connectivity index (χ3n) is 4.60. The van der Waals surface area contributed by atoms with E-state index in [0.29, 0.717) is 29.0 Å². The molecule has 1 aromatic heterocycles. The fourth-order valence-electron chi connectivity index (χ4n) is 3.14. The topological polar surface area (TPSA) is 77.1 Å². The number of hydrogen-bond acceptors (Lipinski definition) is 5. The Bertz CT molecular complexity index is 967. The van der Waals surface area contributed by atoms with Crippen LogP contribution in [0.2, 0.25) is 10.0 Å². The Balaban J connectivity index is 1.42. The first-order valence-electron chi connectivity index (χ1n) is 8.83. The van der Waals surface area contributed by atoms with Gasteiger partial charge in [-0.25, -0.2) is 0 Å². The predicted octanol–water partition coefficient (Wildman–Crippen LogP) is 3.82. The van der Waals surface area contributed by atoms with Crippen LogP contribution in [0.25, 0.3) is 0 Å². The van der Waals surface area contributed by atoms with Crippen LogP contribution in [0, 0.1) is 0 Å². The summed E-state index contributed by atoms with van der Waals surface area (Å²) in [5.41, 5.74) is 2.10. The molecule has 0 saturated carbocycles. The first kappa shape index (κ1) is 18.6. The molecule has 1 aliphatic heterocycles. The van der Waals surface area contributed by atoms with Crippen molar-refractivity contribution < 1.29 is 4.79 Å². The summed E-state index contributed by atoms with van der Waals surface area (Å²) in [5.74, 6) is 0.224. The Labute approximate surface area is 172 Å². The Morgan fingerprint density at radius 2 is 1.71 bits per heavy atom. The molecule has 28 heavy (non-hydrogen) atoms. The van der Waals surface area contributed by atoms with Gasteiger partial charge >= 0.3 is 0 Å². The molecule has 144 valence electrons. The minimum atomic E-state index is -0.158. The molecule has 0 spiro atoms. The van der Waals surface area contributed by atoms with E-state index in [1.807, 2.05) is 36.4 Å². The highest BCUT2D eigenvalue weighted by atomic mass is 35.5. The minimum Gasteiger partial charge on any atom is -0.368 e. The zero-order valence-electron chi connectivity index (χ0n) is 14.9. The lowest BCUT2D eigenvalue weighted by molar-refractivity contribution is 0.0742. The molecule has 2 aromatic carbocycles. The van der Waals surface area contributed by atoms with Crippen LogP contribution in [0.15, 0.2) is 48.5 Å². The molecule has 7 nitrogen and oxygen atoms in total. The summed E-state index contributed by atoms with van der Waals surface area (Å²) in [5, 5.41) is 15.0. The van der Waals surface area contributed by atoms with E-state index in [0.717, 1.165) is 24.5 Å². The molecule has 3 aromatic rings. The van der Waals surface area contributed by atoms with Crippen LogP contribution in [0.4, 0.5) is 17.2 Å². The maximum atomic E-state index is 12.9. The highest BCUT2D eigenvalue weighted by molar-refractivity contribution is 6.31. The lowest BCUT2D eigenvalue weighted by Crippen LogP contribution is -2.49. The van der Waals surface area contributed by atoms with Crippen LogP contribution in [0.1, 0.15) is 10.5 Å². The van der Waals surface area contributed by atoms with E-state index in [2.05, 4.69) is 25.6 Å². The van der Waals surface area contributed by atoms with Gasteiger partial charge in [0.15, 0.2) is 11.5 Å². The number of amides is 1. The summed E-state index contributed by atoms with van der Waals surface area (Å²) in [7, 11) is 0. The molecular weight excluding hydrogens is 399 g/mol. The van der Waals surface area contributed by atoms with Crippen molar-refractivity contribution >= 4 is 46.3 Å². The van der Waals surface area contributed by atoms with Crippen molar-refractivity contribution in [3.8, 4) is 0 Å². The normalized spacial score (nSPS) is 14.2. The summed E-state index contributed by atoms with van der Waals surface area (Å²) < 4.78 is 0. The molecule has 1 saturated heterocycles. The van der Waals surface area contributed by atoms with Crippen LogP contribution >= 0.6 is 23.2 Å². The molecule has 0 bridgehead atoms. The zero-order valence-corrected chi connectivity index (χ0v) is 16.4. The number of aromatic amines is 1. The van der Waals surface area contributed by atoms with Crippen molar-refractivity contribution in [2.45, 2.75) is 0 Å². The van der Waals surface area contributed by atoms with Crippen molar-refractivity contribution in [1.29, 1.82) is 0 Å². The highest BCUT2D eigenvalue weighted by Gasteiger charge is 2.26. The number of halogens is 2. The molecule has 0 atom stereocenters. The number of hydrogen-bond donors (Lipinski definition) is 2. The fraction of sp³-hybridized carbons (Fsp3) is 0.211. The quantitative estimate of drug-likeness (QED) is 0.675. The molecule has 4 rings (SSSR count). The SMILES string of the molecule is O=C(c1n[nH]nc1Nc1cccc(Cl)c1)N1CCN(c2ccc(Cl)cc2)CC1. The van der Waals surface area contributed by atoms with Gasteiger partial charge in [-0.3, -0.25) is 4.79 Å². The third kappa shape index (κ3) is 4.05. The number of piperazine rings is 1. The van der Waals surface area contributed by atoms with E-state index in [9.17, 15) is 4.79 Å². The fourth-order valence-corrected chi connectivity index (χ4v) is 3.46. The summed E-state index contributed by atoms with van der Waals surface area (Å²) in [6, 6.07) is 14.9. The number of carbonyl (C=O) groups excluding carboxylic acids is 1. The Morgan fingerprint density at radius 3 is 2.43 bits per heavy atom. The average molecular weight is 417 g/mol. The molecular formula is C19H18Cl2N6O. The van der Waals surface area contributed by atoms with Gasteiger partial charge in [-0.15, -0.1) is 10.2 Å². The monoisotopic (exact) mass is 416 g/mol. The van der Waals surface area contributed by atoms with Crippen molar-refractivity contribution in [3.05, 3.63) is 64.3 Å². The van der Waals surface area contributed by atoms with E-state index in [1.165, 1.54) is 0 Å². The minimum absolute atomic E-state index is 0.158. The molecule has 9 heteroatoms. The van der Waals surface area contributed by atoms with Crippen LogP contribution in [0.3, 0.4) is 0 Å². The second-order valence-corrected chi connectivity index (χ2v) is 7.28. The number of benzene rings is 2. The number of anilines is 3. The molecule has 2 heterocycles. The predicted molar refractivity (Wildman–Crippen MR) is 111 cm³/mol. The summed E-state index contributed by atoms with van der Waals surface area (Å²) in [4.78, 5) is 16.9. The summed E-state index contributed by atoms with van der Waals surface area (Å²) in [6.45, 7) is 2.68. The van der Waals surface area contributed by atoms with Gasteiger partial charge in [-0.05, 0) is 42.5 Å². The first-order valence-corrected chi connectivity index (χ1v) is 9.59. The van der Waals surface area contributed by atoms with Gasteiger partial charge in [0.25, 0.3) is 5.91 Å². The summed E-state index contributed by atoms with van der Waals surface area (Å²) in [6.07, 6.45) is 0. The van der Waals surface area contributed by atoms with E-state index < -0.39 is 0 Å². The zero-order chi connectivity index (χ0) is 19.5. The number of H-pyrrole nitrogens is 1. The van der Waals surface area contributed by atoms with Crippen LogP contribution in [0.5, 0.6) is 0 Å². The van der Waals surface area contributed by atoms with Gasteiger partial charge in [0.2, 0.25) is 0 Å². The second-order valence-electron chi connectivity index (χ2n) is 6.41. The number of aromatic nitrogens is 3. The Kier molecular flexibility index (Phi) is 5.36. The Morgan fingerprint density at radius 1 is 0.964 bits per heavy atom. The largest absolute Gasteiger partial charge is 0.368 e. The van der Waals surface area contributed by atoms with E-state index in [-0.39, 0.29) is 11.6 Å². The van der Waals surface area contributed by atoms with Gasteiger partial charge < -0.3 is 15.1 Å². The highest BCUT2D eigenvalue weighted by Crippen LogP contribution is 2.23. The first-order chi connectivity index (χ1) is 13.6. The van der Waals surface area contributed by atoms with Crippen molar-refractivity contribution in [2.24, 2.45) is 0 Å². The smallest absolute Gasteiger partial charge is 0.278 e. The standard InChI is InChI=1S/C19H18Cl2N6O/c20-13-4-6-16(7-5-13)26-8-10-27(11-9-26)19(28)17-18(24-25-23-17)22-15-3-1-2-14(21)12-15/h1-7,12H,8-11H2,(H2,22,23,24,25). The molecule has 2 N–H and O–H groups in total. The van der Waals surface area contributed by atoms with E-state index in [4.69, 9.17) is 23.2 Å². The maximum Gasteiger partial charge on any atom is 0.278 e. The lowest BCUT2D eigenvalue weighted by atomic mass is 10.2. The van der Waals surface area contributed by atoms with Gasteiger partial charge in [0, 0.05) is 47.6 Å². The molecule has 0 radical (unpaired) electrons. The van der Waals surface area contributed by atoms with Crippen molar-refractivity contribution in [3.63, 3.8) is 0 Å². The van der Waals surface area contributed by atoms with E-state index >= 15 is 0 Å². The molecule has 0 unspecified atom stereocenters. The number of nitrogens with zero attached hydrogens (tertiary/aromatic N) is 4. The maximum absolute atomic E-state index is 12.9. The molecule has 1 aliphatic rings. The van der Waals surface area contributed by atoms with Gasteiger partial charge in [-0.1, -0.05) is 29.3 Å². The van der Waals surface area contributed by atoms with E-state index in [1.54, 1.807) is 17.0 Å². The third-order valence-corrected chi connectivity index (χ3v) is 5.08. The van der Waals surface area contributed by atoms with Crippen LogP contribution in [-0.2, 0) is 0 Å². The van der Waals surface area contributed by atoms with Crippen molar-refractivity contribution in [2.75, 3.05) is 36.4 Å². The van der Waals surface area contributed by atoms with Gasteiger partial charge in [0.05, 0.1) is 0 Å². The van der Waals surface area contributed by atoms with Gasteiger partial charge in [0.1, 0.15) is 0 Å². The molecule has 1 fully saturated rings. The van der Waals surface area contributed by atoms with Crippen LogP contribution in [-0.4, -0.2) is 52.4 Å². The average Bonchev–Trinajstić information content (AvgIpc) is 3.16. The number of carbonyl (C=O) groups is 1. The van der Waals surface area contributed by atoms with Crippen molar-refractivity contribution in [1.82, 2.24) is 20.3 Å².